The summed E-state index contributed by atoms with van der Waals surface area (Å²) in [5.74, 6) is -0.780. The number of sulfonamides is 1. The molecule has 0 atom stereocenters. The Bertz CT molecular complexity index is 490. The van der Waals surface area contributed by atoms with E-state index in [1.165, 1.54) is 13.1 Å². The summed E-state index contributed by atoms with van der Waals surface area (Å²) < 4.78 is 38.7. The first-order valence-corrected chi connectivity index (χ1v) is 7.12. The van der Waals surface area contributed by atoms with E-state index >= 15 is 0 Å². The van der Waals surface area contributed by atoms with Gasteiger partial charge in [0, 0.05) is 18.6 Å². The van der Waals surface area contributed by atoms with Gasteiger partial charge in [0.15, 0.2) is 0 Å². The van der Waals surface area contributed by atoms with Gasteiger partial charge in [-0.1, -0.05) is 24.9 Å². The lowest BCUT2D eigenvalue weighted by atomic mass is 10.3. The molecule has 0 bridgehead atoms. The first-order valence-electron chi connectivity index (χ1n) is 5.31. The van der Waals surface area contributed by atoms with Crippen molar-refractivity contribution in [1.29, 1.82) is 0 Å². The maximum absolute atomic E-state index is 13.5. The van der Waals surface area contributed by atoms with Gasteiger partial charge in [-0.3, -0.25) is 0 Å². The van der Waals surface area contributed by atoms with Crippen LogP contribution in [0, 0.1) is 5.82 Å². The Morgan fingerprint density at radius 1 is 1.41 bits per heavy atom. The normalized spacial score (nSPS) is 12.1. The molecular formula is C11H15ClFNO2S. The second-order valence-corrected chi connectivity index (χ2v) is 6.20. The van der Waals surface area contributed by atoms with E-state index in [-0.39, 0.29) is 9.92 Å². The molecule has 1 aromatic carbocycles. The van der Waals surface area contributed by atoms with E-state index in [0.717, 1.165) is 29.3 Å². The predicted molar refractivity (Wildman–Crippen MR) is 66.1 cm³/mol. The smallest absolute Gasteiger partial charge is 0.207 e. The largest absolute Gasteiger partial charge is 0.245 e. The van der Waals surface area contributed by atoms with Gasteiger partial charge in [-0.25, -0.2) is 17.1 Å². The van der Waals surface area contributed by atoms with Gasteiger partial charge >= 0.3 is 0 Å². The molecule has 0 heterocycles. The molecule has 0 unspecified atom stereocenters. The SMILES string of the molecule is CCCCN(C)S(=O)(=O)c1cc(Cl)ccc1F. The van der Waals surface area contributed by atoms with E-state index in [2.05, 4.69) is 0 Å². The Hall–Kier alpha value is -0.650. The molecule has 0 aliphatic heterocycles. The Balaban J connectivity index is 3.08. The van der Waals surface area contributed by atoms with Crippen LogP contribution in [0.2, 0.25) is 5.02 Å². The number of hydrogen-bond donors (Lipinski definition) is 0. The molecule has 0 aliphatic rings. The second-order valence-electron chi connectivity index (χ2n) is 3.75. The van der Waals surface area contributed by atoms with Crippen molar-refractivity contribution in [2.75, 3.05) is 13.6 Å². The van der Waals surface area contributed by atoms with Gasteiger partial charge in [-0.15, -0.1) is 0 Å². The van der Waals surface area contributed by atoms with Crippen LogP contribution in [0.4, 0.5) is 4.39 Å². The molecule has 1 aromatic rings. The molecule has 1 rings (SSSR count). The summed E-state index contributed by atoms with van der Waals surface area (Å²) in [6, 6.07) is 3.51. The van der Waals surface area contributed by atoms with E-state index in [1.54, 1.807) is 0 Å². The molecule has 0 N–H and O–H groups in total. The Morgan fingerprint density at radius 2 is 2.06 bits per heavy atom. The van der Waals surface area contributed by atoms with Crippen LogP contribution in [0.15, 0.2) is 23.1 Å². The lowest BCUT2D eigenvalue weighted by molar-refractivity contribution is 0.453. The summed E-state index contributed by atoms with van der Waals surface area (Å²) in [5, 5.41) is 0.203. The number of rotatable bonds is 5. The highest BCUT2D eigenvalue weighted by Gasteiger charge is 2.24. The van der Waals surface area contributed by atoms with E-state index in [0.29, 0.717) is 6.54 Å². The van der Waals surface area contributed by atoms with Crippen LogP contribution in [-0.4, -0.2) is 26.3 Å². The molecule has 17 heavy (non-hydrogen) atoms. The first-order chi connectivity index (χ1) is 7.89. The van der Waals surface area contributed by atoms with Crippen molar-refractivity contribution in [2.24, 2.45) is 0 Å². The molecule has 0 spiro atoms. The number of halogens is 2. The predicted octanol–water partition coefficient (Wildman–Crippen LogP) is 2.90. The highest BCUT2D eigenvalue weighted by atomic mass is 35.5. The molecule has 96 valence electrons. The maximum Gasteiger partial charge on any atom is 0.245 e. The Kier molecular flexibility index (Phi) is 4.91. The summed E-state index contributed by atoms with van der Waals surface area (Å²) in [4.78, 5) is -0.372. The third-order valence-electron chi connectivity index (χ3n) is 2.41. The van der Waals surface area contributed by atoms with E-state index in [4.69, 9.17) is 11.6 Å². The lowest BCUT2D eigenvalue weighted by Crippen LogP contribution is -2.28. The first kappa shape index (κ1) is 14.4. The number of benzene rings is 1. The Labute approximate surface area is 106 Å². The minimum atomic E-state index is -3.79. The van der Waals surface area contributed by atoms with Crippen molar-refractivity contribution in [1.82, 2.24) is 4.31 Å². The van der Waals surface area contributed by atoms with E-state index < -0.39 is 15.8 Å². The van der Waals surface area contributed by atoms with Crippen molar-refractivity contribution < 1.29 is 12.8 Å². The molecule has 6 heteroatoms. The van der Waals surface area contributed by atoms with Crippen LogP contribution >= 0.6 is 11.6 Å². The third kappa shape index (κ3) is 3.40. The van der Waals surface area contributed by atoms with Gasteiger partial charge in [-0.05, 0) is 24.6 Å². The topological polar surface area (TPSA) is 37.4 Å². The highest BCUT2D eigenvalue weighted by Crippen LogP contribution is 2.22. The quantitative estimate of drug-likeness (QED) is 0.831. The minimum Gasteiger partial charge on any atom is -0.207 e. The zero-order chi connectivity index (χ0) is 13.1. The third-order valence-corrected chi connectivity index (χ3v) is 4.52. The summed E-state index contributed by atoms with van der Waals surface area (Å²) >= 11 is 5.68. The lowest BCUT2D eigenvalue weighted by Gasteiger charge is -2.17. The number of unbranched alkanes of at least 4 members (excludes halogenated alkanes) is 1. The van der Waals surface area contributed by atoms with Gasteiger partial charge in [0.1, 0.15) is 10.7 Å². The molecule has 0 amide bonds. The summed E-state index contributed by atoms with van der Waals surface area (Å²) in [5.41, 5.74) is 0. The molecule has 0 saturated carbocycles. The average molecular weight is 280 g/mol. The van der Waals surface area contributed by atoms with Crippen LogP contribution in [0.5, 0.6) is 0 Å². The molecule has 0 fully saturated rings. The van der Waals surface area contributed by atoms with E-state index in [9.17, 15) is 12.8 Å². The Morgan fingerprint density at radius 3 is 2.65 bits per heavy atom. The van der Waals surface area contributed by atoms with Crippen LogP contribution in [-0.2, 0) is 10.0 Å². The van der Waals surface area contributed by atoms with Gasteiger partial charge in [0.25, 0.3) is 0 Å². The molecule has 0 saturated heterocycles. The van der Waals surface area contributed by atoms with Gasteiger partial charge in [-0.2, -0.15) is 0 Å². The summed E-state index contributed by atoms with van der Waals surface area (Å²) in [6.07, 6.45) is 1.61. The van der Waals surface area contributed by atoms with Crippen molar-refractivity contribution >= 4 is 21.6 Å². The second kappa shape index (κ2) is 5.80. The van der Waals surface area contributed by atoms with Crippen LogP contribution in [0.3, 0.4) is 0 Å². The van der Waals surface area contributed by atoms with Crippen LogP contribution < -0.4 is 0 Å². The van der Waals surface area contributed by atoms with Gasteiger partial charge < -0.3 is 0 Å². The van der Waals surface area contributed by atoms with Crippen molar-refractivity contribution in [3.63, 3.8) is 0 Å². The van der Waals surface area contributed by atoms with Crippen LogP contribution in [0.1, 0.15) is 19.8 Å². The highest BCUT2D eigenvalue weighted by molar-refractivity contribution is 7.89. The van der Waals surface area contributed by atoms with E-state index in [1.807, 2.05) is 6.92 Å². The fourth-order valence-corrected chi connectivity index (χ4v) is 2.88. The maximum atomic E-state index is 13.5. The van der Waals surface area contributed by atoms with Crippen LogP contribution in [0.25, 0.3) is 0 Å². The molecule has 0 aromatic heterocycles. The zero-order valence-corrected chi connectivity index (χ0v) is 11.4. The molecular weight excluding hydrogens is 265 g/mol. The molecule has 0 aliphatic carbocycles. The fraction of sp³-hybridized carbons (Fsp3) is 0.455. The monoisotopic (exact) mass is 279 g/mol. The standard InChI is InChI=1S/C11H15ClFNO2S/c1-3-4-7-14(2)17(15,16)11-8-9(12)5-6-10(11)13/h5-6,8H,3-4,7H2,1-2H3. The van der Waals surface area contributed by atoms with Crippen molar-refractivity contribution in [2.45, 2.75) is 24.7 Å². The van der Waals surface area contributed by atoms with Gasteiger partial charge in [0.2, 0.25) is 10.0 Å². The molecule has 3 nitrogen and oxygen atoms in total. The number of nitrogens with zero attached hydrogens (tertiary/aromatic N) is 1. The van der Waals surface area contributed by atoms with Gasteiger partial charge in [0.05, 0.1) is 0 Å². The summed E-state index contributed by atoms with van der Waals surface area (Å²) in [7, 11) is -2.35. The fourth-order valence-electron chi connectivity index (χ4n) is 1.34. The average Bonchev–Trinajstić information content (AvgIpc) is 2.28. The zero-order valence-electron chi connectivity index (χ0n) is 9.78. The molecule has 0 radical (unpaired) electrons. The minimum absolute atomic E-state index is 0.203. The van der Waals surface area contributed by atoms with Crippen molar-refractivity contribution in [3.05, 3.63) is 29.0 Å². The summed E-state index contributed by atoms with van der Waals surface area (Å²) in [6.45, 7) is 2.32. The number of hydrogen-bond acceptors (Lipinski definition) is 2. The van der Waals surface area contributed by atoms with Crippen molar-refractivity contribution in [3.8, 4) is 0 Å².